The molecule has 0 aliphatic rings. The van der Waals surface area contributed by atoms with Crippen LogP contribution in [0.5, 0.6) is 0 Å². The molecule has 206 valence electrons. The molecule has 0 spiro atoms. The number of rotatable bonds is 15. The van der Waals surface area contributed by atoms with Gasteiger partial charge in [-0.3, -0.25) is 14.4 Å². The summed E-state index contributed by atoms with van der Waals surface area (Å²) in [7, 11) is 0. The van der Waals surface area contributed by atoms with Crippen molar-refractivity contribution >= 4 is 24.2 Å². The molecule has 0 saturated carbocycles. The van der Waals surface area contributed by atoms with Crippen molar-refractivity contribution in [2.75, 3.05) is 6.67 Å². The number of nitrogens with zero attached hydrogens (tertiary/aromatic N) is 1. The minimum atomic E-state index is -0.686. The van der Waals surface area contributed by atoms with Crippen LogP contribution in [0.1, 0.15) is 66.9 Å². The Morgan fingerprint density at radius 3 is 2.26 bits per heavy atom. The van der Waals surface area contributed by atoms with Gasteiger partial charge in [0, 0.05) is 5.56 Å². The van der Waals surface area contributed by atoms with Crippen molar-refractivity contribution < 1.29 is 28.4 Å². The van der Waals surface area contributed by atoms with Crippen molar-refractivity contribution in [3.05, 3.63) is 84.1 Å². The molecule has 9 nitrogen and oxygen atoms in total. The molecule has 0 fully saturated rings. The van der Waals surface area contributed by atoms with Gasteiger partial charge in [-0.05, 0) is 37.1 Å². The van der Waals surface area contributed by atoms with Crippen LogP contribution in [0.4, 0.5) is 0 Å². The van der Waals surface area contributed by atoms with Crippen LogP contribution in [0.3, 0.4) is 0 Å². The molecule has 1 aromatic heterocycles. The second-order valence-corrected chi connectivity index (χ2v) is 9.04. The van der Waals surface area contributed by atoms with E-state index in [0.717, 1.165) is 29.9 Å². The number of hydroxylamine groups is 2. The second-order valence-electron chi connectivity index (χ2n) is 9.04. The molecule has 3 rings (SSSR count). The molecule has 2 aromatic carbocycles. The summed E-state index contributed by atoms with van der Waals surface area (Å²) in [6, 6.07) is 20.3. The van der Waals surface area contributed by atoms with Gasteiger partial charge < -0.3 is 19.9 Å². The van der Waals surface area contributed by atoms with Gasteiger partial charge in [-0.2, -0.15) is 5.06 Å². The third-order valence-corrected chi connectivity index (χ3v) is 6.37. The average molecular weight is 534 g/mol. The molecule has 2 atom stereocenters. The molecular weight excluding hydrogens is 498 g/mol. The normalized spacial score (nSPS) is 12.2. The van der Waals surface area contributed by atoms with Gasteiger partial charge in [-0.15, -0.1) is 0 Å². The van der Waals surface area contributed by atoms with Crippen LogP contribution in [0.15, 0.2) is 77.2 Å². The molecule has 0 aliphatic carbocycles. The van der Waals surface area contributed by atoms with E-state index in [2.05, 4.69) is 17.6 Å². The second kappa shape index (κ2) is 15.1. The molecule has 1 heterocycles. The van der Waals surface area contributed by atoms with E-state index in [9.17, 15) is 19.2 Å². The number of unbranched alkanes of at least 4 members (excludes halogenated alkanes) is 2. The Balaban J connectivity index is 1.63. The quantitative estimate of drug-likeness (QED) is 0.123. The molecule has 0 radical (unpaired) electrons. The highest BCUT2D eigenvalue weighted by atomic mass is 16.7. The first kappa shape index (κ1) is 29.2. The van der Waals surface area contributed by atoms with Crippen molar-refractivity contribution in [1.29, 1.82) is 0 Å². The van der Waals surface area contributed by atoms with Crippen LogP contribution in [0.25, 0.3) is 11.3 Å². The van der Waals surface area contributed by atoms with E-state index in [1.54, 1.807) is 42.5 Å². The number of nitrogens with one attached hydrogen (secondary N) is 2. The maximum atomic E-state index is 13.3. The molecule has 3 amide bonds. The van der Waals surface area contributed by atoms with Crippen molar-refractivity contribution in [1.82, 2.24) is 15.7 Å². The van der Waals surface area contributed by atoms with E-state index in [0.29, 0.717) is 30.6 Å². The van der Waals surface area contributed by atoms with E-state index in [1.807, 2.05) is 37.3 Å². The summed E-state index contributed by atoms with van der Waals surface area (Å²) < 4.78 is 5.66. The zero-order chi connectivity index (χ0) is 28.0. The summed E-state index contributed by atoms with van der Waals surface area (Å²) in [5.41, 5.74) is 1.14. The smallest absolute Gasteiger partial charge is 0.363 e. The van der Waals surface area contributed by atoms with Crippen LogP contribution in [-0.4, -0.2) is 42.0 Å². The minimum absolute atomic E-state index is 0.119. The first-order chi connectivity index (χ1) is 19.0. The molecule has 1 unspecified atom stereocenters. The highest BCUT2D eigenvalue weighted by Crippen LogP contribution is 2.23. The van der Waals surface area contributed by atoms with Gasteiger partial charge in [0.1, 0.15) is 5.76 Å². The lowest BCUT2D eigenvalue weighted by Gasteiger charge is -2.31. The topological polar surface area (TPSA) is 118 Å². The Morgan fingerprint density at radius 1 is 0.923 bits per heavy atom. The third-order valence-electron chi connectivity index (χ3n) is 6.37. The van der Waals surface area contributed by atoms with Crippen LogP contribution >= 0.6 is 0 Å². The Bertz CT molecular complexity index is 1210. The Kier molecular flexibility index (Phi) is 11.3. The van der Waals surface area contributed by atoms with Gasteiger partial charge in [-0.25, -0.2) is 4.79 Å². The van der Waals surface area contributed by atoms with Crippen molar-refractivity contribution in [2.45, 2.75) is 52.0 Å². The van der Waals surface area contributed by atoms with Gasteiger partial charge in [0.05, 0.1) is 24.2 Å². The van der Waals surface area contributed by atoms with Crippen LogP contribution in [0.2, 0.25) is 0 Å². The number of carbonyl (C=O) groups is 4. The van der Waals surface area contributed by atoms with Crippen LogP contribution in [-0.2, 0) is 14.4 Å². The number of benzene rings is 2. The molecule has 9 heteroatoms. The number of hydrogen-bond donors (Lipinski definition) is 2. The molecule has 2 N–H and O–H groups in total. The van der Waals surface area contributed by atoms with Crippen molar-refractivity contribution in [3.8, 4) is 11.3 Å². The molecule has 39 heavy (non-hydrogen) atoms. The molecule has 3 aromatic rings. The predicted molar refractivity (Wildman–Crippen MR) is 146 cm³/mol. The van der Waals surface area contributed by atoms with E-state index in [4.69, 9.17) is 9.25 Å². The lowest BCUT2D eigenvalue weighted by atomic mass is 9.90. The Hall–Kier alpha value is -4.40. The van der Waals surface area contributed by atoms with Gasteiger partial charge in [0.2, 0.25) is 12.3 Å². The summed E-state index contributed by atoms with van der Waals surface area (Å²) in [4.78, 5) is 55.7. The summed E-state index contributed by atoms with van der Waals surface area (Å²) in [5.74, 6) is -1.49. The average Bonchev–Trinajstić information content (AvgIpc) is 3.47. The van der Waals surface area contributed by atoms with E-state index >= 15 is 0 Å². The van der Waals surface area contributed by atoms with Gasteiger partial charge in [-0.1, -0.05) is 81.6 Å². The summed E-state index contributed by atoms with van der Waals surface area (Å²) in [5, 5.41) is 6.30. The largest absolute Gasteiger partial charge is 0.451 e. The number of amides is 3. The fourth-order valence-corrected chi connectivity index (χ4v) is 4.29. The van der Waals surface area contributed by atoms with Gasteiger partial charge in [0.25, 0.3) is 5.91 Å². The van der Waals surface area contributed by atoms with Crippen molar-refractivity contribution in [2.24, 2.45) is 5.92 Å². The lowest BCUT2D eigenvalue weighted by molar-refractivity contribution is -0.171. The van der Waals surface area contributed by atoms with E-state index in [1.165, 1.54) is 0 Å². The fraction of sp³-hybridized carbons (Fsp3) is 0.333. The number of hydrogen-bond acceptors (Lipinski definition) is 6. The predicted octanol–water partition coefficient (Wildman–Crippen LogP) is 4.96. The standard InChI is InChI=1S/C30H35N3O6/c1-3-5-8-17-24(25(4-2)33(21-34)39-30(37)23-15-11-7-12-16-23)28(35)31-20-32-29(36)27-19-18-26(38-27)22-13-9-6-10-14-22/h6-7,9-16,18-19,21,24-25H,3-5,8,17,20H2,1-2H3,(H,31,35)(H,32,36)/t24?,25-/m1/s1. The monoisotopic (exact) mass is 533 g/mol. The van der Waals surface area contributed by atoms with Gasteiger partial charge >= 0.3 is 5.97 Å². The zero-order valence-electron chi connectivity index (χ0n) is 22.3. The summed E-state index contributed by atoms with van der Waals surface area (Å²) >= 11 is 0. The summed E-state index contributed by atoms with van der Waals surface area (Å²) in [6.45, 7) is 3.74. The highest BCUT2D eigenvalue weighted by Gasteiger charge is 2.33. The van der Waals surface area contributed by atoms with Crippen LogP contribution in [0, 0.1) is 5.92 Å². The van der Waals surface area contributed by atoms with E-state index < -0.39 is 23.8 Å². The molecule has 0 aliphatic heterocycles. The SMILES string of the molecule is CCCCCC(C(=O)NCNC(=O)c1ccc(-c2ccccc2)o1)[C@@H](CC)N(C=O)OC(=O)c1ccccc1. The Labute approximate surface area is 228 Å². The first-order valence-corrected chi connectivity index (χ1v) is 13.2. The van der Waals surface area contributed by atoms with Crippen LogP contribution < -0.4 is 10.6 Å². The maximum Gasteiger partial charge on any atom is 0.363 e. The molecular formula is C30H35N3O6. The zero-order valence-corrected chi connectivity index (χ0v) is 22.3. The minimum Gasteiger partial charge on any atom is -0.451 e. The van der Waals surface area contributed by atoms with Crippen molar-refractivity contribution in [3.63, 3.8) is 0 Å². The molecule has 0 saturated heterocycles. The summed E-state index contributed by atoms with van der Waals surface area (Å²) in [6.07, 6.45) is 3.91. The Morgan fingerprint density at radius 2 is 1.62 bits per heavy atom. The maximum absolute atomic E-state index is 13.3. The van der Waals surface area contributed by atoms with E-state index in [-0.39, 0.29) is 18.3 Å². The van der Waals surface area contributed by atoms with Gasteiger partial charge in [0.15, 0.2) is 5.76 Å². The lowest BCUT2D eigenvalue weighted by Crippen LogP contribution is -2.49. The fourth-order valence-electron chi connectivity index (χ4n) is 4.29. The molecule has 0 bridgehead atoms. The first-order valence-electron chi connectivity index (χ1n) is 13.2. The number of furan rings is 1. The highest BCUT2D eigenvalue weighted by molar-refractivity contribution is 5.92. The number of carbonyl (C=O) groups excluding carboxylic acids is 4. The third kappa shape index (κ3) is 8.29.